The zero-order valence-electron chi connectivity index (χ0n) is 11.3. The summed E-state index contributed by atoms with van der Waals surface area (Å²) >= 11 is 0. The summed E-state index contributed by atoms with van der Waals surface area (Å²) in [5, 5.41) is 0.0520. The van der Waals surface area contributed by atoms with E-state index in [1.165, 1.54) is 43.0 Å². The molecule has 6 nitrogen and oxygen atoms in total. The van der Waals surface area contributed by atoms with Crippen LogP contribution >= 0.6 is 0 Å². The number of sulfonamides is 1. The van der Waals surface area contributed by atoms with Crippen LogP contribution in [0.25, 0.3) is 0 Å². The summed E-state index contributed by atoms with van der Waals surface area (Å²) in [6.45, 7) is 0.470. The van der Waals surface area contributed by atoms with Crippen molar-refractivity contribution in [2.75, 3.05) is 12.3 Å². The Kier molecular flexibility index (Phi) is 4.46. The second kappa shape index (κ2) is 5.92. The van der Waals surface area contributed by atoms with E-state index in [0.717, 1.165) is 6.42 Å². The standard InChI is InChI=1S/C12H22N4O2S/c1-16-9-14-11(13)12(16)19(17,18)15-8-7-10-5-3-2-4-6-10/h9-10,15H,2-8,13H2,1H3. The normalized spacial score (nSPS) is 17.7. The molecule has 3 N–H and O–H groups in total. The van der Waals surface area contributed by atoms with Crippen molar-refractivity contribution in [2.45, 2.75) is 43.6 Å². The Balaban J connectivity index is 1.91. The number of imidazole rings is 1. The maximum atomic E-state index is 12.1. The summed E-state index contributed by atoms with van der Waals surface area (Å²) in [6, 6.07) is 0. The summed E-state index contributed by atoms with van der Waals surface area (Å²) in [4.78, 5) is 3.80. The minimum atomic E-state index is -3.55. The van der Waals surface area contributed by atoms with Crippen molar-refractivity contribution < 1.29 is 8.42 Å². The van der Waals surface area contributed by atoms with Crippen LogP contribution in [0, 0.1) is 5.92 Å². The van der Waals surface area contributed by atoms with Gasteiger partial charge in [-0.3, -0.25) is 0 Å². The third kappa shape index (κ3) is 3.48. The van der Waals surface area contributed by atoms with Crippen molar-refractivity contribution >= 4 is 15.8 Å². The molecule has 1 saturated carbocycles. The van der Waals surface area contributed by atoms with E-state index in [4.69, 9.17) is 5.73 Å². The molecule has 0 radical (unpaired) electrons. The first-order valence-electron chi connectivity index (χ1n) is 6.77. The van der Waals surface area contributed by atoms with E-state index >= 15 is 0 Å². The lowest BCUT2D eigenvalue weighted by Crippen LogP contribution is -2.28. The predicted molar refractivity (Wildman–Crippen MR) is 74.0 cm³/mol. The highest BCUT2D eigenvalue weighted by atomic mass is 32.2. The number of aryl methyl sites for hydroxylation is 1. The molecule has 19 heavy (non-hydrogen) atoms. The molecule has 0 aromatic carbocycles. The van der Waals surface area contributed by atoms with Gasteiger partial charge in [0.15, 0.2) is 10.8 Å². The first-order valence-corrected chi connectivity index (χ1v) is 8.25. The van der Waals surface area contributed by atoms with Gasteiger partial charge in [-0.15, -0.1) is 0 Å². The zero-order valence-corrected chi connectivity index (χ0v) is 12.1. The maximum Gasteiger partial charge on any atom is 0.260 e. The van der Waals surface area contributed by atoms with E-state index in [1.54, 1.807) is 7.05 Å². The van der Waals surface area contributed by atoms with E-state index in [2.05, 4.69) is 9.71 Å². The van der Waals surface area contributed by atoms with Gasteiger partial charge in [-0.1, -0.05) is 32.1 Å². The first-order chi connectivity index (χ1) is 9.00. The van der Waals surface area contributed by atoms with Crippen LogP contribution in [-0.4, -0.2) is 24.5 Å². The van der Waals surface area contributed by atoms with Crippen LogP contribution in [0.1, 0.15) is 38.5 Å². The molecule has 2 rings (SSSR count). The Morgan fingerprint density at radius 2 is 2.11 bits per heavy atom. The fraction of sp³-hybridized carbons (Fsp3) is 0.750. The van der Waals surface area contributed by atoms with Crippen LogP contribution in [0.5, 0.6) is 0 Å². The molecule has 0 bridgehead atoms. The van der Waals surface area contributed by atoms with Gasteiger partial charge < -0.3 is 10.3 Å². The van der Waals surface area contributed by atoms with Crippen molar-refractivity contribution in [2.24, 2.45) is 13.0 Å². The second-order valence-electron chi connectivity index (χ2n) is 5.24. The predicted octanol–water partition coefficient (Wildman–Crippen LogP) is 1.25. The molecular weight excluding hydrogens is 264 g/mol. The molecule has 0 amide bonds. The van der Waals surface area contributed by atoms with E-state index in [0.29, 0.717) is 12.5 Å². The fourth-order valence-electron chi connectivity index (χ4n) is 2.71. The Morgan fingerprint density at radius 3 is 2.68 bits per heavy atom. The molecule has 108 valence electrons. The number of nitrogens with two attached hydrogens (primary N) is 1. The number of aromatic nitrogens is 2. The van der Waals surface area contributed by atoms with Crippen LogP contribution in [-0.2, 0) is 17.1 Å². The first kappa shape index (κ1) is 14.3. The van der Waals surface area contributed by atoms with Gasteiger partial charge in [0.1, 0.15) is 0 Å². The van der Waals surface area contributed by atoms with E-state index in [1.807, 2.05) is 0 Å². The topological polar surface area (TPSA) is 90.0 Å². The van der Waals surface area contributed by atoms with Gasteiger partial charge in [0.25, 0.3) is 10.0 Å². The van der Waals surface area contributed by atoms with Gasteiger partial charge in [-0.05, 0) is 12.3 Å². The molecule has 0 saturated heterocycles. The van der Waals surface area contributed by atoms with Gasteiger partial charge in [-0.25, -0.2) is 18.1 Å². The van der Waals surface area contributed by atoms with Crippen LogP contribution in [0.2, 0.25) is 0 Å². The van der Waals surface area contributed by atoms with Gasteiger partial charge >= 0.3 is 0 Å². The highest BCUT2D eigenvalue weighted by molar-refractivity contribution is 7.89. The highest BCUT2D eigenvalue weighted by Gasteiger charge is 2.22. The molecule has 1 aromatic rings. The average molecular weight is 286 g/mol. The zero-order chi connectivity index (χ0) is 13.9. The lowest BCUT2D eigenvalue weighted by Gasteiger charge is -2.21. The molecule has 0 spiro atoms. The minimum Gasteiger partial charge on any atom is -0.381 e. The van der Waals surface area contributed by atoms with Crippen LogP contribution in [0.3, 0.4) is 0 Å². The summed E-state index contributed by atoms with van der Waals surface area (Å²) in [5.41, 5.74) is 5.59. The van der Waals surface area contributed by atoms with Crippen molar-refractivity contribution in [1.82, 2.24) is 14.3 Å². The van der Waals surface area contributed by atoms with Crippen molar-refractivity contribution in [3.8, 4) is 0 Å². The lowest BCUT2D eigenvalue weighted by atomic mass is 9.87. The average Bonchev–Trinajstić information content (AvgIpc) is 2.70. The van der Waals surface area contributed by atoms with Crippen LogP contribution in [0.15, 0.2) is 11.4 Å². The summed E-state index contributed by atoms with van der Waals surface area (Å²) in [7, 11) is -1.93. The number of anilines is 1. The van der Waals surface area contributed by atoms with Crippen molar-refractivity contribution in [3.63, 3.8) is 0 Å². The summed E-state index contributed by atoms with van der Waals surface area (Å²) in [5.74, 6) is 0.702. The van der Waals surface area contributed by atoms with Gasteiger partial charge in [0.2, 0.25) is 0 Å². The number of hydrogen-bond acceptors (Lipinski definition) is 4. The third-order valence-corrected chi connectivity index (χ3v) is 5.32. The third-order valence-electron chi connectivity index (χ3n) is 3.73. The molecule has 1 aromatic heterocycles. The highest BCUT2D eigenvalue weighted by Crippen LogP contribution is 2.26. The molecule has 0 aliphatic heterocycles. The largest absolute Gasteiger partial charge is 0.381 e. The van der Waals surface area contributed by atoms with Gasteiger partial charge in [0.05, 0.1) is 6.33 Å². The molecule has 1 aliphatic carbocycles. The van der Waals surface area contributed by atoms with E-state index in [-0.39, 0.29) is 10.8 Å². The Bertz CT molecular complexity index is 498. The number of nitrogens with one attached hydrogen (secondary N) is 1. The molecule has 0 atom stereocenters. The number of nitrogens with zero attached hydrogens (tertiary/aromatic N) is 2. The Hall–Kier alpha value is -1.08. The number of rotatable bonds is 5. The monoisotopic (exact) mass is 286 g/mol. The van der Waals surface area contributed by atoms with Crippen molar-refractivity contribution in [3.05, 3.63) is 6.33 Å². The lowest BCUT2D eigenvalue weighted by molar-refractivity contribution is 0.339. The molecule has 1 heterocycles. The fourth-order valence-corrected chi connectivity index (χ4v) is 3.98. The van der Waals surface area contributed by atoms with Gasteiger partial charge in [0, 0.05) is 13.6 Å². The Morgan fingerprint density at radius 1 is 1.42 bits per heavy atom. The molecule has 7 heteroatoms. The van der Waals surface area contributed by atoms with Gasteiger partial charge in [-0.2, -0.15) is 0 Å². The van der Waals surface area contributed by atoms with Crippen LogP contribution in [0.4, 0.5) is 5.82 Å². The summed E-state index contributed by atoms with van der Waals surface area (Å²) in [6.07, 6.45) is 8.60. The quantitative estimate of drug-likeness (QED) is 0.852. The van der Waals surface area contributed by atoms with Crippen LogP contribution < -0.4 is 10.5 Å². The smallest absolute Gasteiger partial charge is 0.260 e. The Labute approximate surface area is 114 Å². The number of nitrogen functional groups attached to an aromatic ring is 1. The molecule has 1 aliphatic rings. The van der Waals surface area contributed by atoms with Crippen molar-refractivity contribution in [1.29, 1.82) is 0 Å². The number of hydrogen-bond donors (Lipinski definition) is 2. The SMILES string of the molecule is Cn1cnc(N)c1S(=O)(=O)NCCC1CCCCC1. The second-order valence-corrected chi connectivity index (χ2v) is 6.92. The molecular formula is C12H22N4O2S. The summed E-state index contributed by atoms with van der Waals surface area (Å²) < 4.78 is 28.3. The van der Waals surface area contributed by atoms with E-state index in [9.17, 15) is 8.42 Å². The molecule has 1 fully saturated rings. The minimum absolute atomic E-state index is 0.0488. The van der Waals surface area contributed by atoms with E-state index < -0.39 is 10.0 Å². The molecule has 0 unspecified atom stereocenters. The maximum absolute atomic E-state index is 12.1.